The van der Waals surface area contributed by atoms with Crippen molar-refractivity contribution in [2.45, 2.75) is 19.4 Å². The normalized spacial score (nSPS) is 12.7. The number of benzene rings is 1. The van der Waals surface area contributed by atoms with Gasteiger partial charge in [0.2, 0.25) is 0 Å². The zero-order valence-electron chi connectivity index (χ0n) is 9.15. The molecule has 0 aliphatic heterocycles. The molecule has 1 atom stereocenters. The van der Waals surface area contributed by atoms with E-state index in [1.54, 1.807) is 0 Å². The first-order valence-corrected chi connectivity index (χ1v) is 5.27. The van der Waals surface area contributed by atoms with Crippen LogP contribution in [0.3, 0.4) is 0 Å². The van der Waals surface area contributed by atoms with Gasteiger partial charge in [-0.25, -0.2) is 0 Å². The molecule has 0 aliphatic rings. The fourth-order valence-corrected chi connectivity index (χ4v) is 1.52. The van der Waals surface area contributed by atoms with E-state index in [0.717, 1.165) is 5.56 Å². The number of rotatable bonds is 6. The molecular weight excluding hydrogens is 190 g/mol. The minimum Gasteiger partial charge on any atom is -0.396 e. The predicted molar refractivity (Wildman–Crippen MR) is 60.6 cm³/mol. The van der Waals surface area contributed by atoms with E-state index < -0.39 is 0 Å². The number of nitrogens with two attached hydrogens (primary N) is 1. The average molecular weight is 209 g/mol. The molecule has 1 rings (SSSR count). The molecule has 0 fully saturated rings. The molecule has 0 spiro atoms. The van der Waals surface area contributed by atoms with E-state index in [1.165, 1.54) is 5.56 Å². The van der Waals surface area contributed by atoms with Gasteiger partial charge in [-0.1, -0.05) is 24.3 Å². The number of aliphatic hydroxyl groups excluding tert-OH is 1. The lowest BCUT2D eigenvalue weighted by molar-refractivity contribution is 0.0485. The molecule has 1 unspecified atom stereocenters. The molecule has 0 heterocycles. The molecule has 3 heteroatoms. The Morgan fingerprint density at radius 3 is 2.73 bits per heavy atom. The van der Waals surface area contributed by atoms with Gasteiger partial charge in [0.15, 0.2) is 0 Å². The average Bonchev–Trinajstić information content (AvgIpc) is 2.26. The Labute approximate surface area is 90.9 Å². The standard InChI is InChI=1S/C12H19NO2/c1-10-5-2-3-6-11(10)12(9-13)15-8-4-7-14/h2-3,5-6,12,14H,4,7-9,13H2,1H3. The number of hydrogen-bond donors (Lipinski definition) is 2. The first kappa shape index (κ1) is 12.2. The summed E-state index contributed by atoms with van der Waals surface area (Å²) in [5.74, 6) is 0. The van der Waals surface area contributed by atoms with Crippen LogP contribution in [0.25, 0.3) is 0 Å². The monoisotopic (exact) mass is 209 g/mol. The minimum absolute atomic E-state index is 0.0576. The lowest BCUT2D eigenvalue weighted by atomic mass is 10.0. The van der Waals surface area contributed by atoms with E-state index in [4.69, 9.17) is 15.6 Å². The molecule has 0 aromatic heterocycles. The first-order chi connectivity index (χ1) is 7.29. The Hall–Kier alpha value is -0.900. The number of ether oxygens (including phenoxy) is 1. The highest BCUT2D eigenvalue weighted by Crippen LogP contribution is 2.19. The van der Waals surface area contributed by atoms with E-state index >= 15 is 0 Å². The summed E-state index contributed by atoms with van der Waals surface area (Å²) in [6, 6.07) is 8.07. The van der Waals surface area contributed by atoms with E-state index in [0.29, 0.717) is 19.6 Å². The molecule has 3 N–H and O–H groups in total. The van der Waals surface area contributed by atoms with Gasteiger partial charge in [0.1, 0.15) is 0 Å². The quantitative estimate of drug-likeness (QED) is 0.696. The van der Waals surface area contributed by atoms with Gasteiger partial charge in [-0.2, -0.15) is 0 Å². The third-order valence-electron chi connectivity index (χ3n) is 2.37. The molecule has 0 bridgehead atoms. The highest BCUT2D eigenvalue weighted by atomic mass is 16.5. The SMILES string of the molecule is Cc1ccccc1C(CN)OCCCO. The van der Waals surface area contributed by atoms with Gasteiger partial charge in [-0.3, -0.25) is 0 Å². The highest BCUT2D eigenvalue weighted by molar-refractivity contribution is 5.27. The summed E-state index contributed by atoms with van der Waals surface area (Å²) in [7, 11) is 0. The number of aliphatic hydroxyl groups is 1. The van der Waals surface area contributed by atoms with Crippen molar-refractivity contribution in [3.8, 4) is 0 Å². The Balaban J connectivity index is 2.61. The topological polar surface area (TPSA) is 55.5 Å². The fraction of sp³-hybridized carbons (Fsp3) is 0.500. The van der Waals surface area contributed by atoms with Crippen molar-refractivity contribution in [3.63, 3.8) is 0 Å². The van der Waals surface area contributed by atoms with Gasteiger partial charge in [0, 0.05) is 19.8 Å². The fourth-order valence-electron chi connectivity index (χ4n) is 1.52. The molecule has 15 heavy (non-hydrogen) atoms. The van der Waals surface area contributed by atoms with Crippen molar-refractivity contribution in [3.05, 3.63) is 35.4 Å². The lowest BCUT2D eigenvalue weighted by Gasteiger charge is -2.18. The second kappa shape index (κ2) is 6.56. The largest absolute Gasteiger partial charge is 0.396 e. The van der Waals surface area contributed by atoms with Crippen molar-refractivity contribution in [1.29, 1.82) is 0 Å². The second-order valence-electron chi connectivity index (χ2n) is 3.53. The van der Waals surface area contributed by atoms with Crippen LogP contribution in [0.4, 0.5) is 0 Å². The molecule has 1 aromatic carbocycles. The Bertz CT molecular complexity index is 289. The zero-order valence-corrected chi connectivity index (χ0v) is 9.15. The maximum Gasteiger partial charge on any atom is 0.0949 e. The predicted octanol–water partition coefficient (Wildman–Crippen LogP) is 1.39. The van der Waals surface area contributed by atoms with Gasteiger partial charge in [0.05, 0.1) is 6.10 Å². The van der Waals surface area contributed by atoms with Gasteiger partial charge in [-0.15, -0.1) is 0 Å². The molecule has 0 aliphatic carbocycles. The summed E-state index contributed by atoms with van der Waals surface area (Å²) in [5, 5.41) is 8.67. The van der Waals surface area contributed by atoms with Crippen molar-refractivity contribution in [2.24, 2.45) is 5.73 Å². The van der Waals surface area contributed by atoms with Crippen LogP contribution < -0.4 is 5.73 Å². The van der Waals surface area contributed by atoms with Crippen LogP contribution in [0.2, 0.25) is 0 Å². The first-order valence-electron chi connectivity index (χ1n) is 5.27. The van der Waals surface area contributed by atoms with Crippen LogP contribution in [-0.2, 0) is 4.74 Å². The van der Waals surface area contributed by atoms with Crippen molar-refractivity contribution in [2.75, 3.05) is 19.8 Å². The third-order valence-corrected chi connectivity index (χ3v) is 2.37. The van der Waals surface area contributed by atoms with Crippen LogP contribution >= 0.6 is 0 Å². The smallest absolute Gasteiger partial charge is 0.0949 e. The van der Waals surface area contributed by atoms with Crippen molar-refractivity contribution in [1.82, 2.24) is 0 Å². The van der Waals surface area contributed by atoms with Gasteiger partial charge >= 0.3 is 0 Å². The van der Waals surface area contributed by atoms with Crippen molar-refractivity contribution < 1.29 is 9.84 Å². The molecule has 0 saturated carbocycles. The molecule has 1 aromatic rings. The summed E-state index contributed by atoms with van der Waals surface area (Å²) in [6.07, 6.45) is 0.598. The minimum atomic E-state index is -0.0576. The van der Waals surface area contributed by atoms with E-state index in [1.807, 2.05) is 31.2 Å². The summed E-state index contributed by atoms with van der Waals surface area (Å²) in [5.41, 5.74) is 8.00. The van der Waals surface area contributed by atoms with Crippen LogP contribution in [0.15, 0.2) is 24.3 Å². The highest BCUT2D eigenvalue weighted by Gasteiger charge is 2.11. The van der Waals surface area contributed by atoms with Crippen molar-refractivity contribution >= 4 is 0 Å². The van der Waals surface area contributed by atoms with Gasteiger partial charge in [0.25, 0.3) is 0 Å². The maximum absolute atomic E-state index is 8.67. The summed E-state index contributed by atoms with van der Waals surface area (Å²) in [6.45, 7) is 3.22. The molecule has 0 amide bonds. The maximum atomic E-state index is 8.67. The molecular formula is C12H19NO2. The van der Waals surface area contributed by atoms with Crippen LogP contribution in [0, 0.1) is 6.92 Å². The van der Waals surface area contributed by atoms with E-state index in [-0.39, 0.29) is 12.7 Å². The number of hydrogen-bond acceptors (Lipinski definition) is 3. The summed E-state index contributed by atoms with van der Waals surface area (Å²) < 4.78 is 5.61. The van der Waals surface area contributed by atoms with Crippen LogP contribution in [-0.4, -0.2) is 24.9 Å². The molecule has 0 saturated heterocycles. The molecule has 0 radical (unpaired) electrons. The summed E-state index contributed by atoms with van der Waals surface area (Å²) >= 11 is 0. The Morgan fingerprint density at radius 2 is 2.13 bits per heavy atom. The zero-order chi connectivity index (χ0) is 11.1. The van der Waals surface area contributed by atoms with Crippen LogP contribution in [0.5, 0.6) is 0 Å². The van der Waals surface area contributed by atoms with Gasteiger partial charge < -0.3 is 15.6 Å². The van der Waals surface area contributed by atoms with Gasteiger partial charge in [-0.05, 0) is 24.5 Å². The Morgan fingerprint density at radius 1 is 1.40 bits per heavy atom. The molecule has 3 nitrogen and oxygen atoms in total. The Kier molecular flexibility index (Phi) is 5.32. The third kappa shape index (κ3) is 3.63. The second-order valence-corrected chi connectivity index (χ2v) is 3.53. The summed E-state index contributed by atoms with van der Waals surface area (Å²) in [4.78, 5) is 0. The lowest BCUT2D eigenvalue weighted by Crippen LogP contribution is -2.17. The van der Waals surface area contributed by atoms with Crippen LogP contribution in [0.1, 0.15) is 23.7 Å². The molecule has 84 valence electrons. The number of aryl methyl sites for hydroxylation is 1. The van der Waals surface area contributed by atoms with E-state index in [2.05, 4.69) is 0 Å². The van der Waals surface area contributed by atoms with E-state index in [9.17, 15) is 0 Å².